The van der Waals surface area contributed by atoms with E-state index in [1.807, 2.05) is 30.3 Å². The van der Waals surface area contributed by atoms with Crippen molar-refractivity contribution in [2.75, 3.05) is 0 Å². The fourth-order valence-corrected chi connectivity index (χ4v) is 2.03. The molecule has 0 aromatic heterocycles. The lowest BCUT2D eigenvalue weighted by molar-refractivity contribution is -0.120. The zero-order valence-corrected chi connectivity index (χ0v) is 10.0. The lowest BCUT2D eigenvalue weighted by Crippen LogP contribution is -2.19. The molecule has 1 aliphatic rings. The van der Waals surface area contributed by atoms with Crippen LogP contribution in [0.2, 0.25) is 0 Å². The number of hydrogen-bond donors (Lipinski definition) is 0. The molecule has 0 aliphatic heterocycles. The minimum atomic E-state index is 0.279. The Labute approximate surface area is 98.3 Å². The largest absolute Gasteiger partial charge is 0.295 e. The van der Waals surface area contributed by atoms with Gasteiger partial charge in [-0.15, -0.1) is 0 Å². The standard InChI is InChI=1S/C13H13BrO/c14-12-6-1-3-10(9-12)7-8-13(15)11-4-2-5-11/h1,3,6-9,11H,2,4-5H2/b8-7-. The van der Waals surface area contributed by atoms with Crippen molar-refractivity contribution in [1.29, 1.82) is 0 Å². The first-order valence-corrected chi connectivity index (χ1v) is 6.02. The van der Waals surface area contributed by atoms with Crippen LogP contribution in [0.4, 0.5) is 0 Å². The quantitative estimate of drug-likeness (QED) is 0.759. The molecule has 0 heterocycles. The molecule has 78 valence electrons. The summed E-state index contributed by atoms with van der Waals surface area (Å²) < 4.78 is 1.04. The van der Waals surface area contributed by atoms with Gasteiger partial charge in [-0.2, -0.15) is 0 Å². The van der Waals surface area contributed by atoms with E-state index in [9.17, 15) is 4.79 Å². The molecule has 1 aromatic carbocycles. The maximum atomic E-state index is 11.6. The summed E-state index contributed by atoms with van der Waals surface area (Å²) in [6, 6.07) is 7.95. The lowest BCUT2D eigenvalue weighted by Gasteiger charge is -2.21. The first-order chi connectivity index (χ1) is 7.25. The molecule has 1 saturated carbocycles. The predicted molar refractivity (Wildman–Crippen MR) is 65.5 cm³/mol. The average molecular weight is 265 g/mol. The molecule has 0 unspecified atom stereocenters. The Hall–Kier alpha value is -0.890. The van der Waals surface area contributed by atoms with Crippen LogP contribution in [0.5, 0.6) is 0 Å². The van der Waals surface area contributed by atoms with Gasteiger partial charge in [0.15, 0.2) is 5.78 Å². The van der Waals surface area contributed by atoms with E-state index >= 15 is 0 Å². The van der Waals surface area contributed by atoms with Gasteiger partial charge in [-0.3, -0.25) is 4.79 Å². The van der Waals surface area contributed by atoms with E-state index in [1.54, 1.807) is 6.08 Å². The van der Waals surface area contributed by atoms with Gasteiger partial charge in [0.2, 0.25) is 0 Å². The van der Waals surface area contributed by atoms with E-state index in [0.29, 0.717) is 5.92 Å². The summed E-state index contributed by atoms with van der Waals surface area (Å²) in [5.74, 6) is 0.578. The molecule has 1 aliphatic carbocycles. The van der Waals surface area contributed by atoms with Crippen LogP contribution in [-0.2, 0) is 4.79 Å². The van der Waals surface area contributed by atoms with Crippen LogP contribution in [0.15, 0.2) is 34.8 Å². The highest BCUT2D eigenvalue weighted by Crippen LogP contribution is 2.27. The zero-order valence-electron chi connectivity index (χ0n) is 8.45. The zero-order chi connectivity index (χ0) is 10.7. The number of rotatable bonds is 3. The van der Waals surface area contributed by atoms with Crippen molar-refractivity contribution in [2.24, 2.45) is 5.92 Å². The molecule has 1 aromatic rings. The fraction of sp³-hybridized carbons (Fsp3) is 0.308. The molecule has 0 amide bonds. The number of carbonyl (C=O) groups excluding carboxylic acids is 1. The molecular formula is C13H13BrO. The Balaban J connectivity index is 2.01. The second-order valence-electron chi connectivity index (χ2n) is 3.92. The monoisotopic (exact) mass is 264 g/mol. The first kappa shape index (κ1) is 10.6. The highest BCUT2D eigenvalue weighted by Gasteiger charge is 2.22. The second-order valence-corrected chi connectivity index (χ2v) is 4.83. The van der Waals surface area contributed by atoms with E-state index in [0.717, 1.165) is 22.9 Å². The summed E-state index contributed by atoms with van der Waals surface area (Å²) >= 11 is 3.40. The Morgan fingerprint density at radius 3 is 2.80 bits per heavy atom. The molecule has 0 atom stereocenters. The molecule has 15 heavy (non-hydrogen) atoms. The molecule has 1 nitrogen and oxygen atoms in total. The van der Waals surface area contributed by atoms with Crippen molar-refractivity contribution in [3.05, 3.63) is 40.4 Å². The van der Waals surface area contributed by atoms with Crippen LogP contribution in [0, 0.1) is 5.92 Å². The highest BCUT2D eigenvalue weighted by atomic mass is 79.9. The van der Waals surface area contributed by atoms with Crippen molar-refractivity contribution in [2.45, 2.75) is 19.3 Å². The summed E-state index contributed by atoms with van der Waals surface area (Å²) in [7, 11) is 0. The summed E-state index contributed by atoms with van der Waals surface area (Å²) in [6.45, 7) is 0. The van der Waals surface area contributed by atoms with E-state index in [4.69, 9.17) is 0 Å². The number of carbonyl (C=O) groups is 1. The molecule has 0 saturated heterocycles. The summed E-state index contributed by atoms with van der Waals surface area (Å²) in [5, 5.41) is 0. The molecule has 2 rings (SSSR count). The topological polar surface area (TPSA) is 17.1 Å². The first-order valence-electron chi connectivity index (χ1n) is 5.23. The molecular weight excluding hydrogens is 252 g/mol. The normalized spacial score (nSPS) is 16.6. The van der Waals surface area contributed by atoms with Gasteiger partial charge in [0.05, 0.1) is 0 Å². The van der Waals surface area contributed by atoms with Gasteiger partial charge >= 0.3 is 0 Å². The number of benzene rings is 1. The summed E-state index contributed by atoms with van der Waals surface area (Å²) in [4.78, 5) is 11.6. The van der Waals surface area contributed by atoms with E-state index < -0.39 is 0 Å². The number of halogens is 1. The third kappa shape index (κ3) is 2.78. The van der Waals surface area contributed by atoms with Crippen LogP contribution in [0.1, 0.15) is 24.8 Å². The van der Waals surface area contributed by atoms with E-state index in [-0.39, 0.29) is 5.78 Å². The van der Waals surface area contributed by atoms with Gasteiger partial charge in [0.1, 0.15) is 0 Å². The fourth-order valence-electron chi connectivity index (χ4n) is 1.62. The number of allylic oxidation sites excluding steroid dienone is 1. The van der Waals surface area contributed by atoms with E-state index in [2.05, 4.69) is 15.9 Å². The maximum Gasteiger partial charge on any atom is 0.158 e. The third-order valence-electron chi connectivity index (χ3n) is 2.80. The van der Waals surface area contributed by atoms with Crippen LogP contribution < -0.4 is 0 Å². The maximum absolute atomic E-state index is 11.6. The van der Waals surface area contributed by atoms with Crippen LogP contribution >= 0.6 is 15.9 Å². The van der Waals surface area contributed by atoms with Crippen molar-refractivity contribution in [3.8, 4) is 0 Å². The molecule has 0 radical (unpaired) electrons. The van der Waals surface area contributed by atoms with Gasteiger partial charge in [0, 0.05) is 10.4 Å². The van der Waals surface area contributed by atoms with Gasteiger partial charge in [-0.05, 0) is 36.6 Å². The number of ketones is 1. The predicted octanol–water partition coefficient (Wildman–Crippen LogP) is 3.83. The SMILES string of the molecule is O=C(/C=C\c1cccc(Br)c1)C1CCC1. The van der Waals surface area contributed by atoms with Crippen LogP contribution in [0.25, 0.3) is 6.08 Å². The summed E-state index contributed by atoms with van der Waals surface area (Å²) in [6.07, 6.45) is 6.96. The Kier molecular flexibility index (Phi) is 3.37. The Morgan fingerprint density at radius 1 is 1.40 bits per heavy atom. The van der Waals surface area contributed by atoms with Crippen molar-refractivity contribution >= 4 is 27.8 Å². The van der Waals surface area contributed by atoms with Gasteiger partial charge in [-0.1, -0.05) is 40.6 Å². The minimum absolute atomic E-state index is 0.279. The van der Waals surface area contributed by atoms with Gasteiger partial charge in [-0.25, -0.2) is 0 Å². The Morgan fingerprint density at radius 2 is 2.20 bits per heavy atom. The molecule has 0 bridgehead atoms. The minimum Gasteiger partial charge on any atom is -0.295 e. The average Bonchev–Trinajstić information content (AvgIpc) is 2.12. The number of hydrogen-bond acceptors (Lipinski definition) is 1. The molecule has 1 fully saturated rings. The van der Waals surface area contributed by atoms with Crippen molar-refractivity contribution < 1.29 is 4.79 Å². The summed E-state index contributed by atoms with van der Waals surface area (Å²) in [5.41, 5.74) is 1.07. The van der Waals surface area contributed by atoms with Gasteiger partial charge < -0.3 is 0 Å². The Bertz CT molecular complexity index is 391. The van der Waals surface area contributed by atoms with Crippen molar-refractivity contribution in [3.63, 3.8) is 0 Å². The van der Waals surface area contributed by atoms with Crippen molar-refractivity contribution in [1.82, 2.24) is 0 Å². The molecule has 2 heteroatoms. The van der Waals surface area contributed by atoms with Gasteiger partial charge in [0.25, 0.3) is 0 Å². The lowest BCUT2D eigenvalue weighted by atomic mass is 9.82. The second kappa shape index (κ2) is 4.75. The third-order valence-corrected chi connectivity index (χ3v) is 3.29. The smallest absolute Gasteiger partial charge is 0.158 e. The van der Waals surface area contributed by atoms with Crippen LogP contribution in [-0.4, -0.2) is 5.78 Å². The van der Waals surface area contributed by atoms with Crippen LogP contribution in [0.3, 0.4) is 0 Å². The molecule has 0 N–H and O–H groups in total. The molecule has 0 spiro atoms. The van der Waals surface area contributed by atoms with E-state index in [1.165, 1.54) is 6.42 Å². The highest BCUT2D eigenvalue weighted by molar-refractivity contribution is 9.10.